The number of rotatable bonds is 5. The van der Waals surface area contributed by atoms with Crippen LogP contribution in [0.1, 0.15) is 30.8 Å². The average molecular weight is 343 g/mol. The first kappa shape index (κ1) is 17.1. The van der Waals surface area contributed by atoms with Crippen molar-refractivity contribution in [2.75, 3.05) is 7.05 Å². The number of aryl methyl sites for hydroxylation is 1. The molecule has 1 aromatic heterocycles. The summed E-state index contributed by atoms with van der Waals surface area (Å²) >= 11 is 0. The molecular weight excluding hydrogens is 324 g/mol. The Bertz CT molecular complexity index is 874. The molecule has 0 saturated heterocycles. The maximum Gasteiger partial charge on any atom is 0.223 e. The van der Waals surface area contributed by atoms with E-state index < -0.39 is 11.6 Å². The predicted octanol–water partition coefficient (Wildman–Crippen LogP) is 3.99. The van der Waals surface area contributed by atoms with E-state index in [0.29, 0.717) is 12.0 Å². The highest BCUT2D eigenvalue weighted by atomic mass is 19.2. The molecule has 0 aliphatic heterocycles. The van der Waals surface area contributed by atoms with Crippen molar-refractivity contribution in [2.45, 2.75) is 25.8 Å². The average Bonchev–Trinajstić information content (AvgIpc) is 3.03. The SMILES string of the molecule is C[C@@H](c1ccc(F)c(F)c1)N(C)C(=O)CCc1nc2ccccc2[nH]1. The van der Waals surface area contributed by atoms with Gasteiger partial charge in [-0.2, -0.15) is 0 Å². The zero-order valence-electron chi connectivity index (χ0n) is 14.1. The minimum Gasteiger partial charge on any atom is -0.342 e. The van der Waals surface area contributed by atoms with Crippen molar-refractivity contribution in [3.05, 3.63) is 65.5 Å². The highest BCUT2D eigenvalue weighted by molar-refractivity contribution is 5.77. The fraction of sp³-hybridized carbons (Fsp3) is 0.263. The molecule has 6 heteroatoms. The van der Waals surface area contributed by atoms with Gasteiger partial charge in [0.25, 0.3) is 0 Å². The molecule has 25 heavy (non-hydrogen) atoms. The Labute approximate surface area is 144 Å². The van der Waals surface area contributed by atoms with Gasteiger partial charge in [-0.1, -0.05) is 18.2 Å². The highest BCUT2D eigenvalue weighted by Crippen LogP contribution is 2.22. The zero-order valence-corrected chi connectivity index (χ0v) is 14.1. The van der Waals surface area contributed by atoms with Crippen LogP contribution in [0, 0.1) is 11.6 Å². The summed E-state index contributed by atoms with van der Waals surface area (Å²) < 4.78 is 26.4. The highest BCUT2D eigenvalue weighted by Gasteiger charge is 2.19. The number of imidazole rings is 1. The van der Waals surface area contributed by atoms with E-state index >= 15 is 0 Å². The number of aromatic nitrogens is 2. The number of hydrogen-bond acceptors (Lipinski definition) is 2. The van der Waals surface area contributed by atoms with E-state index in [9.17, 15) is 13.6 Å². The molecular formula is C19H19F2N3O. The molecule has 4 nitrogen and oxygen atoms in total. The maximum atomic E-state index is 13.4. The van der Waals surface area contributed by atoms with Crippen LogP contribution in [-0.4, -0.2) is 27.8 Å². The first-order valence-corrected chi connectivity index (χ1v) is 8.10. The first-order chi connectivity index (χ1) is 12.0. The lowest BCUT2D eigenvalue weighted by Gasteiger charge is -2.25. The van der Waals surface area contributed by atoms with Crippen LogP contribution in [0.25, 0.3) is 11.0 Å². The molecule has 130 valence electrons. The molecule has 2 aromatic carbocycles. The van der Waals surface area contributed by atoms with Gasteiger partial charge in [0.2, 0.25) is 5.91 Å². The monoisotopic (exact) mass is 343 g/mol. The van der Waals surface area contributed by atoms with Gasteiger partial charge in [0.15, 0.2) is 11.6 Å². The van der Waals surface area contributed by atoms with Crippen molar-refractivity contribution in [1.82, 2.24) is 14.9 Å². The lowest BCUT2D eigenvalue weighted by molar-refractivity contribution is -0.131. The van der Waals surface area contributed by atoms with Gasteiger partial charge in [-0.05, 0) is 36.8 Å². The second-order valence-corrected chi connectivity index (χ2v) is 6.05. The van der Waals surface area contributed by atoms with Crippen molar-refractivity contribution in [2.24, 2.45) is 0 Å². The zero-order chi connectivity index (χ0) is 18.0. The van der Waals surface area contributed by atoms with Gasteiger partial charge in [-0.3, -0.25) is 4.79 Å². The predicted molar refractivity (Wildman–Crippen MR) is 92.0 cm³/mol. The molecule has 0 aliphatic carbocycles. The van der Waals surface area contributed by atoms with E-state index in [2.05, 4.69) is 9.97 Å². The second-order valence-electron chi connectivity index (χ2n) is 6.05. The Kier molecular flexibility index (Phi) is 4.79. The lowest BCUT2D eigenvalue weighted by Crippen LogP contribution is -2.30. The Morgan fingerprint density at radius 3 is 2.68 bits per heavy atom. The number of benzene rings is 2. The van der Waals surface area contributed by atoms with E-state index in [1.54, 1.807) is 14.0 Å². The van der Waals surface area contributed by atoms with Crippen molar-refractivity contribution in [3.8, 4) is 0 Å². The van der Waals surface area contributed by atoms with Crippen LogP contribution in [-0.2, 0) is 11.2 Å². The summed E-state index contributed by atoms with van der Waals surface area (Å²) in [5.74, 6) is -1.14. The number of para-hydroxylation sites is 2. The normalized spacial score (nSPS) is 12.3. The van der Waals surface area contributed by atoms with Crippen molar-refractivity contribution >= 4 is 16.9 Å². The molecule has 3 aromatic rings. The summed E-state index contributed by atoms with van der Waals surface area (Å²) in [6.45, 7) is 1.78. The smallest absolute Gasteiger partial charge is 0.223 e. The molecule has 1 amide bonds. The van der Waals surface area contributed by atoms with Crippen LogP contribution < -0.4 is 0 Å². The summed E-state index contributed by atoms with van der Waals surface area (Å²) in [5.41, 5.74) is 2.36. The maximum absolute atomic E-state index is 13.4. The Morgan fingerprint density at radius 1 is 1.20 bits per heavy atom. The van der Waals surface area contributed by atoms with Gasteiger partial charge < -0.3 is 9.88 Å². The van der Waals surface area contributed by atoms with Crippen molar-refractivity contribution < 1.29 is 13.6 Å². The number of amides is 1. The van der Waals surface area contributed by atoms with Crippen LogP contribution in [0.5, 0.6) is 0 Å². The lowest BCUT2D eigenvalue weighted by atomic mass is 10.1. The summed E-state index contributed by atoms with van der Waals surface area (Å²) in [5, 5.41) is 0. The van der Waals surface area contributed by atoms with Crippen molar-refractivity contribution in [1.29, 1.82) is 0 Å². The fourth-order valence-corrected chi connectivity index (χ4v) is 2.74. The van der Waals surface area contributed by atoms with Gasteiger partial charge in [0, 0.05) is 19.9 Å². The Balaban J connectivity index is 1.64. The van der Waals surface area contributed by atoms with Gasteiger partial charge in [0.1, 0.15) is 5.82 Å². The standard InChI is InChI=1S/C19H19F2N3O/c1-12(13-7-8-14(20)15(21)11-13)24(2)19(25)10-9-18-22-16-5-3-4-6-17(16)23-18/h3-8,11-12H,9-10H2,1-2H3,(H,22,23)/t12-/m0/s1. The molecule has 0 saturated carbocycles. The molecule has 0 bridgehead atoms. The summed E-state index contributed by atoms with van der Waals surface area (Å²) in [4.78, 5) is 21.6. The van der Waals surface area contributed by atoms with Crippen LogP contribution in [0.2, 0.25) is 0 Å². The number of carbonyl (C=O) groups excluding carboxylic acids is 1. The molecule has 3 rings (SSSR count). The molecule has 1 N–H and O–H groups in total. The van der Waals surface area contributed by atoms with Gasteiger partial charge in [-0.15, -0.1) is 0 Å². The van der Waals surface area contributed by atoms with E-state index in [1.807, 2.05) is 24.3 Å². The first-order valence-electron chi connectivity index (χ1n) is 8.10. The number of carbonyl (C=O) groups is 1. The number of halogens is 2. The topological polar surface area (TPSA) is 49.0 Å². The second kappa shape index (κ2) is 7.01. The largest absolute Gasteiger partial charge is 0.342 e. The Hall–Kier alpha value is -2.76. The number of hydrogen-bond donors (Lipinski definition) is 1. The minimum atomic E-state index is -0.910. The molecule has 1 atom stereocenters. The van der Waals surface area contributed by atoms with E-state index in [0.717, 1.165) is 29.0 Å². The fourth-order valence-electron chi connectivity index (χ4n) is 2.74. The quantitative estimate of drug-likeness (QED) is 0.761. The van der Waals surface area contributed by atoms with Crippen molar-refractivity contribution in [3.63, 3.8) is 0 Å². The molecule has 0 fully saturated rings. The van der Waals surface area contributed by atoms with Gasteiger partial charge >= 0.3 is 0 Å². The number of H-pyrrole nitrogens is 1. The van der Waals surface area contributed by atoms with Gasteiger partial charge in [-0.25, -0.2) is 13.8 Å². The molecule has 0 radical (unpaired) electrons. The molecule has 0 spiro atoms. The number of nitrogens with one attached hydrogen (secondary N) is 1. The third-order valence-corrected chi connectivity index (χ3v) is 4.41. The van der Waals surface area contributed by atoms with Gasteiger partial charge in [0.05, 0.1) is 17.1 Å². The van der Waals surface area contributed by atoms with Crippen LogP contribution in [0.3, 0.4) is 0 Å². The van der Waals surface area contributed by atoms with Crippen LogP contribution >= 0.6 is 0 Å². The molecule has 0 aliphatic rings. The van der Waals surface area contributed by atoms with E-state index in [4.69, 9.17) is 0 Å². The minimum absolute atomic E-state index is 0.0855. The Morgan fingerprint density at radius 2 is 1.96 bits per heavy atom. The summed E-state index contributed by atoms with van der Waals surface area (Å²) in [6.07, 6.45) is 0.771. The molecule has 1 heterocycles. The summed E-state index contributed by atoms with van der Waals surface area (Å²) in [6, 6.07) is 11.0. The third kappa shape index (κ3) is 3.68. The summed E-state index contributed by atoms with van der Waals surface area (Å²) in [7, 11) is 1.66. The van der Waals surface area contributed by atoms with E-state index in [-0.39, 0.29) is 18.4 Å². The number of nitrogens with zero attached hydrogens (tertiary/aromatic N) is 2. The van der Waals surface area contributed by atoms with Crippen LogP contribution in [0.4, 0.5) is 8.78 Å². The molecule has 0 unspecified atom stereocenters. The number of aromatic amines is 1. The number of fused-ring (bicyclic) bond motifs is 1. The van der Waals surface area contributed by atoms with Crippen LogP contribution in [0.15, 0.2) is 42.5 Å². The third-order valence-electron chi connectivity index (χ3n) is 4.41. The van der Waals surface area contributed by atoms with E-state index in [1.165, 1.54) is 11.0 Å².